The second kappa shape index (κ2) is 3.18. The molecule has 0 saturated heterocycles. The van der Waals surface area contributed by atoms with Crippen molar-refractivity contribution < 1.29 is 14.4 Å². The van der Waals surface area contributed by atoms with Crippen LogP contribution < -0.4 is 0 Å². The van der Waals surface area contributed by atoms with E-state index in [0.717, 1.165) is 11.5 Å². The highest BCUT2D eigenvalue weighted by Crippen LogP contribution is 2.03. The molecular weight excluding hydrogens is 146 g/mol. The summed E-state index contributed by atoms with van der Waals surface area (Å²) in [6.45, 7) is 1.72. The summed E-state index contributed by atoms with van der Waals surface area (Å²) in [5.74, 6) is -0.736. The zero-order valence-electron chi connectivity index (χ0n) is 6.24. The summed E-state index contributed by atoms with van der Waals surface area (Å²) in [5, 5.41) is 1.06. The monoisotopic (exact) mass is 155 g/mol. The maximum Gasteiger partial charge on any atom is 0.329 e. The number of nitrogens with zero attached hydrogens (tertiary/aromatic N) is 1. The Labute approximate surface area is 64.4 Å². The van der Waals surface area contributed by atoms with Crippen LogP contribution in [-0.4, -0.2) is 23.5 Å². The SMILES string of the molecule is CC(=O)ON1CCC=CC1=O. The van der Waals surface area contributed by atoms with Crippen LogP contribution in [0, 0.1) is 0 Å². The topological polar surface area (TPSA) is 46.6 Å². The highest BCUT2D eigenvalue weighted by molar-refractivity contribution is 5.88. The average molecular weight is 155 g/mol. The van der Waals surface area contributed by atoms with E-state index < -0.39 is 5.97 Å². The molecule has 0 N–H and O–H groups in total. The molecule has 0 saturated carbocycles. The average Bonchev–Trinajstić information content (AvgIpc) is 1.93. The first kappa shape index (κ1) is 7.78. The van der Waals surface area contributed by atoms with E-state index in [0.29, 0.717) is 6.54 Å². The van der Waals surface area contributed by atoms with Crippen molar-refractivity contribution in [1.82, 2.24) is 5.06 Å². The molecule has 0 aliphatic carbocycles. The molecule has 1 rings (SSSR count). The smallest absolute Gasteiger partial charge is 0.329 e. The minimum Gasteiger partial charge on any atom is -0.338 e. The van der Waals surface area contributed by atoms with Crippen LogP contribution in [0.4, 0.5) is 0 Å². The number of amides is 1. The van der Waals surface area contributed by atoms with Crippen LogP contribution in [-0.2, 0) is 14.4 Å². The first-order valence-electron chi connectivity index (χ1n) is 3.37. The van der Waals surface area contributed by atoms with E-state index in [9.17, 15) is 9.59 Å². The lowest BCUT2D eigenvalue weighted by molar-refractivity contribution is -0.193. The molecule has 0 aromatic carbocycles. The Hall–Kier alpha value is -1.32. The summed E-state index contributed by atoms with van der Waals surface area (Å²) in [5.41, 5.74) is 0. The van der Waals surface area contributed by atoms with Crippen LogP contribution in [0.3, 0.4) is 0 Å². The fourth-order valence-electron chi connectivity index (χ4n) is 0.815. The molecule has 0 spiro atoms. The molecule has 11 heavy (non-hydrogen) atoms. The van der Waals surface area contributed by atoms with Gasteiger partial charge < -0.3 is 4.84 Å². The van der Waals surface area contributed by atoms with Gasteiger partial charge in [-0.1, -0.05) is 6.08 Å². The van der Waals surface area contributed by atoms with Crippen molar-refractivity contribution in [2.75, 3.05) is 6.54 Å². The number of hydrogen-bond acceptors (Lipinski definition) is 3. The summed E-state index contributed by atoms with van der Waals surface area (Å²) in [6.07, 6.45) is 3.88. The van der Waals surface area contributed by atoms with Crippen LogP contribution in [0.1, 0.15) is 13.3 Å². The lowest BCUT2D eigenvalue weighted by Gasteiger charge is -2.20. The van der Waals surface area contributed by atoms with Gasteiger partial charge in [0.1, 0.15) is 0 Å². The van der Waals surface area contributed by atoms with Crippen LogP contribution >= 0.6 is 0 Å². The lowest BCUT2D eigenvalue weighted by Crippen LogP contribution is -2.34. The van der Waals surface area contributed by atoms with Crippen molar-refractivity contribution in [3.05, 3.63) is 12.2 Å². The normalized spacial score (nSPS) is 16.8. The zero-order chi connectivity index (χ0) is 8.27. The number of hydrogen-bond donors (Lipinski definition) is 0. The third-order valence-corrected chi connectivity index (χ3v) is 1.24. The van der Waals surface area contributed by atoms with E-state index >= 15 is 0 Å². The van der Waals surface area contributed by atoms with E-state index in [1.165, 1.54) is 13.0 Å². The molecule has 60 valence electrons. The van der Waals surface area contributed by atoms with E-state index in [2.05, 4.69) is 4.84 Å². The molecule has 0 aromatic heterocycles. The Morgan fingerprint density at radius 2 is 2.45 bits per heavy atom. The molecule has 0 aromatic rings. The largest absolute Gasteiger partial charge is 0.338 e. The van der Waals surface area contributed by atoms with E-state index in [1.54, 1.807) is 6.08 Å². The maximum absolute atomic E-state index is 10.9. The summed E-state index contributed by atoms with van der Waals surface area (Å²) < 4.78 is 0. The van der Waals surface area contributed by atoms with Crippen molar-refractivity contribution in [1.29, 1.82) is 0 Å². The summed E-state index contributed by atoms with van der Waals surface area (Å²) >= 11 is 0. The molecule has 1 aliphatic heterocycles. The number of rotatable bonds is 1. The predicted octanol–water partition coefficient (Wildman–Crippen LogP) is 0.253. The molecule has 1 amide bonds. The molecule has 1 heterocycles. The van der Waals surface area contributed by atoms with Gasteiger partial charge in [0.25, 0.3) is 5.91 Å². The second-order valence-electron chi connectivity index (χ2n) is 2.21. The Kier molecular flexibility index (Phi) is 2.25. The molecule has 0 fully saturated rings. The van der Waals surface area contributed by atoms with E-state index in [4.69, 9.17) is 0 Å². The minimum atomic E-state index is -0.464. The van der Waals surface area contributed by atoms with Gasteiger partial charge >= 0.3 is 5.97 Å². The van der Waals surface area contributed by atoms with E-state index in [1.807, 2.05) is 0 Å². The third kappa shape index (κ3) is 2.07. The van der Waals surface area contributed by atoms with Gasteiger partial charge in [-0.3, -0.25) is 9.59 Å². The predicted molar refractivity (Wildman–Crippen MR) is 37.2 cm³/mol. The van der Waals surface area contributed by atoms with Crippen LogP contribution in [0.5, 0.6) is 0 Å². The molecule has 4 heteroatoms. The van der Waals surface area contributed by atoms with Crippen LogP contribution in [0.2, 0.25) is 0 Å². The molecule has 0 atom stereocenters. The van der Waals surface area contributed by atoms with Gasteiger partial charge in [0.05, 0.1) is 6.54 Å². The summed E-state index contributed by atoms with van der Waals surface area (Å²) in [4.78, 5) is 25.9. The van der Waals surface area contributed by atoms with Crippen molar-refractivity contribution in [2.24, 2.45) is 0 Å². The van der Waals surface area contributed by atoms with Crippen molar-refractivity contribution in [3.63, 3.8) is 0 Å². The second-order valence-corrected chi connectivity index (χ2v) is 2.21. The highest BCUT2D eigenvalue weighted by Gasteiger charge is 2.15. The van der Waals surface area contributed by atoms with Crippen molar-refractivity contribution in [3.8, 4) is 0 Å². The lowest BCUT2D eigenvalue weighted by atomic mass is 10.3. The molecule has 0 bridgehead atoms. The van der Waals surface area contributed by atoms with Crippen LogP contribution in [0.15, 0.2) is 12.2 Å². The van der Waals surface area contributed by atoms with Crippen LogP contribution in [0.25, 0.3) is 0 Å². The number of carbonyl (C=O) groups excluding carboxylic acids is 2. The molecular formula is C7H9NO3. The fourth-order valence-corrected chi connectivity index (χ4v) is 0.815. The van der Waals surface area contributed by atoms with E-state index in [-0.39, 0.29) is 5.91 Å². The Bertz CT molecular complexity index is 210. The van der Waals surface area contributed by atoms with Gasteiger partial charge in [-0.05, 0) is 6.42 Å². The van der Waals surface area contributed by atoms with Gasteiger partial charge in [0, 0.05) is 13.0 Å². The van der Waals surface area contributed by atoms with Gasteiger partial charge in [0.2, 0.25) is 0 Å². The van der Waals surface area contributed by atoms with Gasteiger partial charge in [-0.25, -0.2) is 0 Å². The first-order valence-corrected chi connectivity index (χ1v) is 3.37. The Balaban J connectivity index is 2.52. The number of hydroxylamine groups is 2. The third-order valence-electron chi connectivity index (χ3n) is 1.24. The Morgan fingerprint density at radius 1 is 1.73 bits per heavy atom. The number of carbonyl (C=O) groups is 2. The van der Waals surface area contributed by atoms with Crippen molar-refractivity contribution in [2.45, 2.75) is 13.3 Å². The van der Waals surface area contributed by atoms with Gasteiger partial charge in [0.15, 0.2) is 0 Å². The highest BCUT2D eigenvalue weighted by atomic mass is 16.7. The Morgan fingerprint density at radius 3 is 3.00 bits per heavy atom. The molecule has 4 nitrogen and oxygen atoms in total. The first-order chi connectivity index (χ1) is 5.20. The molecule has 1 aliphatic rings. The van der Waals surface area contributed by atoms with Gasteiger partial charge in [-0.2, -0.15) is 5.06 Å². The fraction of sp³-hybridized carbons (Fsp3) is 0.429. The van der Waals surface area contributed by atoms with Crippen molar-refractivity contribution >= 4 is 11.9 Å². The molecule has 0 unspecified atom stereocenters. The standard InChI is InChI=1S/C7H9NO3/c1-6(9)11-8-5-3-2-4-7(8)10/h2,4H,3,5H2,1H3. The maximum atomic E-state index is 10.9. The molecule has 0 radical (unpaired) electrons. The summed E-state index contributed by atoms with van der Waals surface area (Å²) in [6, 6.07) is 0. The van der Waals surface area contributed by atoms with Gasteiger partial charge in [-0.15, -0.1) is 0 Å². The quantitative estimate of drug-likeness (QED) is 0.545. The minimum absolute atomic E-state index is 0.272. The summed E-state index contributed by atoms with van der Waals surface area (Å²) in [7, 11) is 0. The zero-order valence-corrected chi connectivity index (χ0v) is 6.24.